The maximum absolute atomic E-state index is 12.4. The van der Waals surface area contributed by atoms with Gasteiger partial charge in [-0.3, -0.25) is 4.79 Å². The number of alkyl carbamates (subject to hydrolysis) is 1. The van der Waals surface area contributed by atoms with Crippen LogP contribution in [0.2, 0.25) is 0 Å². The van der Waals surface area contributed by atoms with Gasteiger partial charge in [0, 0.05) is 25.9 Å². The number of carbonyl (C=O) groups is 3. The summed E-state index contributed by atoms with van der Waals surface area (Å²) < 4.78 is 5.53. The van der Waals surface area contributed by atoms with Crippen LogP contribution in [-0.4, -0.2) is 54.2 Å². The maximum Gasteiger partial charge on any atom is 0.407 e. The highest BCUT2D eigenvalue weighted by Crippen LogP contribution is 2.44. The Kier molecular flexibility index (Phi) is 6.87. The van der Waals surface area contributed by atoms with Gasteiger partial charge in [0.05, 0.1) is 0 Å². The molecule has 0 fully saturated rings. The zero-order valence-electron chi connectivity index (χ0n) is 18.9. The minimum absolute atomic E-state index is 0.0195. The number of fused-ring (bicyclic) bond motifs is 3. The first-order chi connectivity index (χ1) is 15.1. The van der Waals surface area contributed by atoms with Crippen molar-refractivity contribution in [2.75, 3.05) is 20.2 Å². The van der Waals surface area contributed by atoms with E-state index in [4.69, 9.17) is 9.84 Å². The van der Waals surface area contributed by atoms with Crippen LogP contribution in [0.5, 0.6) is 0 Å². The molecule has 1 aliphatic rings. The molecule has 1 atom stereocenters. The standard InChI is InChI=1S/C25H30N2O5/c1-16(23(29)30)27(4)22(28)13-25(2,3)15-26-24(31)32-14-21-19-11-7-5-9-17(19)18-10-6-8-12-20(18)21/h5-12,16,21H,13-15H2,1-4H3,(H,26,31)(H,29,30). The van der Waals surface area contributed by atoms with Crippen LogP contribution in [0.3, 0.4) is 0 Å². The Bertz CT molecular complexity index is 971. The molecule has 0 radical (unpaired) electrons. The first-order valence-electron chi connectivity index (χ1n) is 10.7. The van der Waals surface area contributed by atoms with Crippen molar-refractivity contribution in [2.45, 2.75) is 39.2 Å². The van der Waals surface area contributed by atoms with Crippen LogP contribution < -0.4 is 5.32 Å². The highest BCUT2D eigenvalue weighted by Gasteiger charge is 2.30. The van der Waals surface area contributed by atoms with Gasteiger partial charge in [-0.1, -0.05) is 62.4 Å². The molecule has 7 heteroatoms. The second-order valence-electron chi connectivity index (χ2n) is 9.04. The van der Waals surface area contributed by atoms with Crippen LogP contribution in [0.25, 0.3) is 11.1 Å². The van der Waals surface area contributed by atoms with Crippen LogP contribution in [-0.2, 0) is 14.3 Å². The number of amides is 2. The number of carboxylic acids is 1. The van der Waals surface area contributed by atoms with Crippen LogP contribution in [0, 0.1) is 5.41 Å². The molecule has 7 nitrogen and oxygen atoms in total. The molecule has 1 unspecified atom stereocenters. The molecule has 0 saturated carbocycles. The van der Waals surface area contributed by atoms with Gasteiger partial charge < -0.3 is 20.1 Å². The monoisotopic (exact) mass is 438 g/mol. The molecule has 0 heterocycles. The van der Waals surface area contributed by atoms with Gasteiger partial charge in [0.2, 0.25) is 5.91 Å². The lowest BCUT2D eigenvalue weighted by Crippen LogP contribution is -2.43. The quantitative estimate of drug-likeness (QED) is 0.652. The van der Waals surface area contributed by atoms with Gasteiger partial charge in [0.25, 0.3) is 0 Å². The van der Waals surface area contributed by atoms with Crippen LogP contribution in [0.4, 0.5) is 4.79 Å². The number of carboxylic acid groups (broad SMARTS) is 1. The van der Waals surface area contributed by atoms with Crippen LogP contribution >= 0.6 is 0 Å². The number of carbonyl (C=O) groups excluding carboxylic acids is 2. The van der Waals surface area contributed by atoms with E-state index in [2.05, 4.69) is 29.6 Å². The average molecular weight is 439 g/mol. The molecular weight excluding hydrogens is 408 g/mol. The molecule has 170 valence electrons. The fraction of sp³-hybridized carbons (Fsp3) is 0.400. The first kappa shape index (κ1) is 23.3. The summed E-state index contributed by atoms with van der Waals surface area (Å²) in [5.74, 6) is -1.37. The maximum atomic E-state index is 12.4. The summed E-state index contributed by atoms with van der Waals surface area (Å²) >= 11 is 0. The van der Waals surface area contributed by atoms with Gasteiger partial charge in [-0.05, 0) is 34.6 Å². The molecule has 3 rings (SSSR count). The predicted octanol–water partition coefficient (Wildman–Crippen LogP) is 3.87. The molecule has 0 bridgehead atoms. The zero-order valence-corrected chi connectivity index (χ0v) is 18.9. The topological polar surface area (TPSA) is 95.9 Å². The summed E-state index contributed by atoms with van der Waals surface area (Å²) in [6.45, 7) is 5.59. The van der Waals surface area contributed by atoms with E-state index in [1.165, 1.54) is 18.9 Å². The number of hydrogen-bond donors (Lipinski definition) is 2. The van der Waals surface area contributed by atoms with Crippen molar-refractivity contribution in [2.24, 2.45) is 5.41 Å². The number of likely N-dealkylation sites (N-methyl/N-ethyl adjacent to an activating group) is 1. The average Bonchev–Trinajstić information content (AvgIpc) is 3.08. The van der Waals surface area contributed by atoms with Crippen molar-refractivity contribution >= 4 is 18.0 Å². The second kappa shape index (κ2) is 9.42. The Balaban J connectivity index is 1.54. The molecule has 2 aromatic rings. The zero-order chi connectivity index (χ0) is 23.5. The van der Waals surface area contributed by atoms with Gasteiger partial charge in [-0.2, -0.15) is 0 Å². The molecule has 32 heavy (non-hydrogen) atoms. The molecule has 2 N–H and O–H groups in total. The largest absolute Gasteiger partial charge is 0.480 e. The fourth-order valence-corrected chi connectivity index (χ4v) is 3.94. The first-order valence-corrected chi connectivity index (χ1v) is 10.7. The second-order valence-corrected chi connectivity index (χ2v) is 9.04. The van der Waals surface area contributed by atoms with E-state index in [0.717, 1.165) is 22.3 Å². The summed E-state index contributed by atoms with van der Waals surface area (Å²) in [6, 6.07) is 15.3. The third-order valence-electron chi connectivity index (χ3n) is 6.02. The van der Waals surface area contributed by atoms with Gasteiger partial charge in [-0.15, -0.1) is 0 Å². The number of ether oxygens (including phenoxy) is 1. The van der Waals surface area contributed by atoms with E-state index in [1.54, 1.807) is 0 Å². The number of hydrogen-bond acceptors (Lipinski definition) is 4. The Labute approximate surface area is 188 Å². The van der Waals surface area contributed by atoms with E-state index < -0.39 is 23.5 Å². The third-order valence-corrected chi connectivity index (χ3v) is 6.02. The van der Waals surface area contributed by atoms with E-state index in [1.807, 2.05) is 38.1 Å². The Morgan fingerprint density at radius 2 is 1.59 bits per heavy atom. The van der Waals surface area contributed by atoms with E-state index in [-0.39, 0.29) is 31.4 Å². The predicted molar refractivity (Wildman–Crippen MR) is 121 cm³/mol. The Hall–Kier alpha value is -3.35. The number of benzene rings is 2. The summed E-state index contributed by atoms with van der Waals surface area (Å²) in [5.41, 5.74) is 4.05. The Morgan fingerprint density at radius 1 is 1.06 bits per heavy atom. The molecule has 1 aliphatic carbocycles. The van der Waals surface area contributed by atoms with Crippen molar-refractivity contribution in [3.8, 4) is 11.1 Å². The van der Waals surface area contributed by atoms with E-state index in [9.17, 15) is 14.4 Å². The van der Waals surface area contributed by atoms with Crippen molar-refractivity contribution in [3.63, 3.8) is 0 Å². The molecule has 0 saturated heterocycles. The lowest BCUT2D eigenvalue weighted by atomic mass is 9.88. The van der Waals surface area contributed by atoms with Gasteiger partial charge in [0.15, 0.2) is 0 Å². The normalized spacial score (nSPS) is 13.6. The summed E-state index contributed by atoms with van der Waals surface area (Å²) in [6.07, 6.45) is -0.440. The van der Waals surface area contributed by atoms with E-state index in [0.29, 0.717) is 0 Å². The lowest BCUT2D eigenvalue weighted by Gasteiger charge is -2.28. The lowest BCUT2D eigenvalue weighted by molar-refractivity contribution is -0.149. The summed E-state index contributed by atoms with van der Waals surface area (Å²) in [5, 5.41) is 11.8. The number of nitrogens with one attached hydrogen (secondary N) is 1. The number of nitrogens with zero attached hydrogens (tertiary/aromatic N) is 1. The minimum Gasteiger partial charge on any atom is -0.480 e. The van der Waals surface area contributed by atoms with Crippen molar-refractivity contribution in [1.82, 2.24) is 10.2 Å². The van der Waals surface area contributed by atoms with Gasteiger partial charge in [-0.25, -0.2) is 9.59 Å². The number of rotatable bonds is 8. The fourth-order valence-electron chi connectivity index (χ4n) is 3.94. The SMILES string of the molecule is CC(C(=O)O)N(C)C(=O)CC(C)(C)CNC(=O)OCC1c2ccccc2-c2ccccc21. The molecule has 0 aliphatic heterocycles. The molecular formula is C25H30N2O5. The smallest absolute Gasteiger partial charge is 0.407 e. The molecule has 0 spiro atoms. The van der Waals surface area contributed by atoms with E-state index >= 15 is 0 Å². The van der Waals surface area contributed by atoms with Crippen molar-refractivity contribution in [3.05, 3.63) is 59.7 Å². The summed E-state index contributed by atoms with van der Waals surface area (Å²) in [7, 11) is 1.47. The molecule has 2 aromatic carbocycles. The summed E-state index contributed by atoms with van der Waals surface area (Å²) in [4.78, 5) is 37.1. The number of aliphatic carboxylic acids is 1. The van der Waals surface area contributed by atoms with Gasteiger partial charge in [0.1, 0.15) is 12.6 Å². The third kappa shape index (κ3) is 5.10. The van der Waals surface area contributed by atoms with Gasteiger partial charge >= 0.3 is 12.1 Å². The molecule has 2 amide bonds. The van der Waals surface area contributed by atoms with Crippen LogP contribution in [0.1, 0.15) is 44.2 Å². The minimum atomic E-state index is -1.06. The Morgan fingerprint density at radius 3 is 2.12 bits per heavy atom. The van der Waals surface area contributed by atoms with Crippen LogP contribution in [0.15, 0.2) is 48.5 Å². The van der Waals surface area contributed by atoms with Crippen molar-refractivity contribution in [1.29, 1.82) is 0 Å². The molecule has 0 aromatic heterocycles. The highest BCUT2D eigenvalue weighted by atomic mass is 16.5. The highest BCUT2D eigenvalue weighted by molar-refractivity contribution is 5.83. The van der Waals surface area contributed by atoms with Crippen molar-refractivity contribution < 1.29 is 24.2 Å².